The zero-order valence-corrected chi connectivity index (χ0v) is 8.66. The average Bonchev–Trinajstić information content (AvgIpc) is 2.72. The molecule has 1 atom stereocenters. The molecule has 0 fully saturated rings. The van der Waals surface area contributed by atoms with E-state index in [2.05, 4.69) is 4.72 Å². The number of hydrogen-bond acceptors (Lipinski definition) is 4. The molecule has 1 unspecified atom stereocenters. The lowest BCUT2D eigenvalue weighted by molar-refractivity contribution is -0.118. The van der Waals surface area contributed by atoms with Crippen LogP contribution >= 0.6 is 11.9 Å². The largest absolute Gasteiger partial charge is 0.468 e. The van der Waals surface area contributed by atoms with Crippen LogP contribution in [0.5, 0.6) is 0 Å². The van der Waals surface area contributed by atoms with Gasteiger partial charge >= 0.3 is 0 Å². The smallest absolute Gasteiger partial charge is 0.233 e. The molecule has 0 saturated heterocycles. The van der Waals surface area contributed by atoms with Gasteiger partial charge in [0.1, 0.15) is 11.7 Å². The maximum Gasteiger partial charge on any atom is 0.233 e. The van der Waals surface area contributed by atoms with Gasteiger partial charge in [0.05, 0.1) is 6.26 Å². The van der Waals surface area contributed by atoms with E-state index in [1.165, 1.54) is 18.2 Å². The Bertz CT molecular complexity index is 409. The predicted molar refractivity (Wildman–Crippen MR) is 58.6 cm³/mol. The lowest BCUT2D eigenvalue weighted by Crippen LogP contribution is -2.23. The molecule has 0 aliphatic carbocycles. The van der Waals surface area contributed by atoms with E-state index in [-0.39, 0.29) is 0 Å². The first-order valence-electron chi connectivity index (χ1n) is 4.41. The summed E-state index contributed by atoms with van der Waals surface area (Å²) < 4.78 is 8.15. The van der Waals surface area contributed by atoms with Gasteiger partial charge in [-0.2, -0.15) is 0 Å². The highest BCUT2D eigenvalue weighted by Crippen LogP contribution is 2.32. The van der Waals surface area contributed by atoms with Crippen molar-refractivity contribution in [3.8, 4) is 0 Å². The van der Waals surface area contributed by atoms with Gasteiger partial charge in [0.25, 0.3) is 0 Å². The summed E-state index contributed by atoms with van der Waals surface area (Å²) in [7, 11) is 0. The second-order valence-electron chi connectivity index (χ2n) is 3.00. The molecule has 0 spiro atoms. The molecule has 78 valence electrons. The quantitative estimate of drug-likeness (QED) is 0.760. The summed E-state index contributed by atoms with van der Waals surface area (Å²) in [6, 6.07) is 3.48. The van der Waals surface area contributed by atoms with E-state index in [9.17, 15) is 4.79 Å². The van der Waals surface area contributed by atoms with Gasteiger partial charge in [0.15, 0.2) is 0 Å². The van der Waals surface area contributed by atoms with Crippen molar-refractivity contribution in [3.05, 3.63) is 47.4 Å². The van der Waals surface area contributed by atoms with Gasteiger partial charge in [-0.05, 0) is 36.2 Å². The van der Waals surface area contributed by atoms with Crippen LogP contribution in [0.15, 0.2) is 46.1 Å². The van der Waals surface area contributed by atoms with Crippen molar-refractivity contribution >= 4 is 17.9 Å². The van der Waals surface area contributed by atoms with Crippen LogP contribution in [0.3, 0.4) is 0 Å². The summed E-state index contributed by atoms with van der Waals surface area (Å²) in [6.07, 6.45) is 6.99. The topological polar surface area (TPSA) is 68.3 Å². The Morgan fingerprint density at radius 3 is 3.00 bits per heavy atom. The molecule has 2 rings (SSSR count). The molecule has 0 bridgehead atoms. The number of carbonyl (C=O) groups is 1. The third-order valence-electron chi connectivity index (χ3n) is 2.00. The van der Waals surface area contributed by atoms with Gasteiger partial charge in [-0.25, -0.2) is 0 Å². The monoisotopic (exact) mass is 222 g/mol. The van der Waals surface area contributed by atoms with Crippen LogP contribution in [0.1, 0.15) is 11.7 Å². The highest BCUT2D eigenvalue weighted by Gasteiger charge is 2.26. The molecule has 4 nitrogen and oxygen atoms in total. The normalized spacial score (nSPS) is 16.7. The maximum atomic E-state index is 11.4. The number of furan rings is 1. The zero-order chi connectivity index (χ0) is 10.7. The minimum atomic E-state index is -0.512. The first-order chi connectivity index (χ1) is 7.29. The zero-order valence-electron chi connectivity index (χ0n) is 7.84. The fraction of sp³-hybridized carbons (Fsp3) is 0.100. The highest BCUT2D eigenvalue weighted by molar-refractivity contribution is 8.01. The SMILES string of the molecule is NC(=O)C(C1=CC=CNS1)c1ccco1. The van der Waals surface area contributed by atoms with Crippen molar-refractivity contribution in [1.82, 2.24) is 4.72 Å². The van der Waals surface area contributed by atoms with E-state index in [1.807, 2.05) is 12.2 Å². The Morgan fingerprint density at radius 2 is 2.47 bits per heavy atom. The molecule has 0 saturated carbocycles. The highest BCUT2D eigenvalue weighted by atomic mass is 32.2. The average molecular weight is 222 g/mol. The Morgan fingerprint density at radius 1 is 1.60 bits per heavy atom. The van der Waals surface area contributed by atoms with Crippen molar-refractivity contribution < 1.29 is 9.21 Å². The van der Waals surface area contributed by atoms with Crippen molar-refractivity contribution in [2.75, 3.05) is 0 Å². The standard InChI is InChI=1S/C10H10N2O2S/c11-10(13)9(7-3-2-6-14-7)8-4-1-5-12-15-8/h1-6,9,12H,(H2,11,13). The Labute approximate surface area is 91.3 Å². The van der Waals surface area contributed by atoms with Gasteiger partial charge in [-0.15, -0.1) is 0 Å². The fourth-order valence-corrected chi connectivity index (χ4v) is 2.13. The van der Waals surface area contributed by atoms with Crippen molar-refractivity contribution in [1.29, 1.82) is 0 Å². The molecule has 0 radical (unpaired) electrons. The van der Waals surface area contributed by atoms with Crippen molar-refractivity contribution in [2.24, 2.45) is 5.73 Å². The third-order valence-corrected chi connectivity index (χ3v) is 2.86. The minimum Gasteiger partial charge on any atom is -0.468 e. The van der Waals surface area contributed by atoms with E-state index in [0.717, 1.165) is 4.91 Å². The molecule has 1 aromatic heterocycles. The van der Waals surface area contributed by atoms with E-state index < -0.39 is 11.8 Å². The summed E-state index contributed by atoms with van der Waals surface area (Å²) in [5.74, 6) is -0.360. The van der Waals surface area contributed by atoms with Gasteiger partial charge in [-0.1, -0.05) is 0 Å². The van der Waals surface area contributed by atoms with E-state index >= 15 is 0 Å². The summed E-state index contributed by atoms with van der Waals surface area (Å²) >= 11 is 1.36. The van der Waals surface area contributed by atoms with E-state index in [4.69, 9.17) is 10.2 Å². The number of rotatable bonds is 3. The molecular weight excluding hydrogens is 212 g/mol. The Kier molecular flexibility index (Phi) is 2.82. The molecule has 1 aliphatic heterocycles. The van der Waals surface area contributed by atoms with Crippen LogP contribution in [0.2, 0.25) is 0 Å². The van der Waals surface area contributed by atoms with Gasteiger partial charge in [-0.3, -0.25) is 4.79 Å². The molecule has 3 N–H and O–H groups in total. The molecule has 0 aromatic carbocycles. The molecule has 1 aliphatic rings. The van der Waals surface area contributed by atoms with Crippen LogP contribution in [0, 0.1) is 0 Å². The number of nitrogens with one attached hydrogen (secondary N) is 1. The lowest BCUT2D eigenvalue weighted by Gasteiger charge is -2.16. The second-order valence-corrected chi connectivity index (χ2v) is 3.91. The lowest BCUT2D eigenvalue weighted by atomic mass is 10.1. The summed E-state index contributed by atoms with van der Waals surface area (Å²) in [5.41, 5.74) is 5.35. The van der Waals surface area contributed by atoms with Crippen molar-refractivity contribution in [2.45, 2.75) is 5.92 Å². The van der Waals surface area contributed by atoms with Crippen LogP contribution in [0.4, 0.5) is 0 Å². The summed E-state index contributed by atoms with van der Waals surface area (Å²) in [6.45, 7) is 0. The molecule has 2 heterocycles. The second kappa shape index (κ2) is 4.27. The summed E-state index contributed by atoms with van der Waals surface area (Å²) in [4.78, 5) is 12.2. The van der Waals surface area contributed by atoms with Crippen molar-refractivity contribution in [3.63, 3.8) is 0 Å². The first-order valence-corrected chi connectivity index (χ1v) is 5.22. The van der Waals surface area contributed by atoms with Crippen LogP contribution < -0.4 is 10.5 Å². The predicted octanol–water partition coefficient (Wildman–Crippen LogP) is 1.50. The van der Waals surface area contributed by atoms with Crippen LogP contribution in [-0.4, -0.2) is 5.91 Å². The fourth-order valence-electron chi connectivity index (χ4n) is 1.35. The minimum absolute atomic E-state index is 0.416. The van der Waals surface area contributed by atoms with E-state index in [1.54, 1.807) is 18.3 Å². The maximum absolute atomic E-state index is 11.4. The van der Waals surface area contributed by atoms with Gasteiger partial charge in [0.2, 0.25) is 5.91 Å². The molecule has 15 heavy (non-hydrogen) atoms. The van der Waals surface area contributed by atoms with Gasteiger partial charge < -0.3 is 14.9 Å². The molecule has 1 aromatic rings. The van der Waals surface area contributed by atoms with Crippen LogP contribution in [-0.2, 0) is 4.79 Å². The third kappa shape index (κ3) is 2.07. The Balaban J connectivity index is 2.32. The molecular formula is C10H10N2O2S. The van der Waals surface area contributed by atoms with E-state index in [0.29, 0.717) is 5.76 Å². The van der Waals surface area contributed by atoms with Crippen LogP contribution in [0.25, 0.3) is 0 Å². The Hall–Kier alpha value is -1.62. The number of amides is 1. The number of nitrogens with two attached hydrogens (primary N) is 1. The number of hydrogen-bond donors (Lipinski definition) is 2. The molecule has 5 heteroatoms. The number of primary amides is 1. The summed E-state index contributed by atoms with van der Waals surface area (Å²) in [5, 5.41) is 0. The number of carbonyl (C=O) groups excluding carboxylic acids is 1. The number of allylic oxidation sites excluding steroid dienone is 2. The first kappa shape index (κ1) is 9.92. The molecule has 1 amide bonds. The van der Waals surface area contributed by atoms with Gasteiger partial charge in [0, 0.05) is 11.1 Å².